The molecule has 1 aromatic carbocycles. The average Bonchev–Trinajstić information content (AvgIpc) is 3.22. The number of fused-ring (bicyclic) bond motifs is 1. The van der Waals surface area contributed by atoms with Crippen LogP contribution in [0.4, 0.5) is 0 Å². The Bertz CT molecular complexity index is 1000. The van der Waals surface area contributed by atoms with Crippen LogP contribution in [0, 0.1) is 13.8 Å². The Morgan fingerprint density at radius 3 is 2.75 bits per heavy atom. The fraction of sp³-hybridized carbons (Fsp3) is 0.176. The highest BCUT2D eigenvalue weighted by Gasteiger charge is 2.19. The number of rotatable bonds is 3. The molecule has 120 valence electrons. The monoisotopic (exact) mass is 320 g/mol. The van der Waals surface area contributed by atoms with E-state index in [1.807, 2.05) is 50.2 Å². The summed E-state index contributed by atoms with van der Waals surface area (Å²) in [5, 5.41) is 8.45. The highest BCUT2D eigenvalue weighted by molar-refractivity contribution is 5.58. The molecule has 4 rings (SSSR count). The van der Waals surface area contributed by atoms with Gasteiger partial charge < -0.3 is 10.3 Å². The highest BCUT2D eigenvalue weighted by Crippen LogP contribution is 2.24. The molecule has 0 amide bonds. The van der Waals surface area contributed by atoms with Crippen LogP contribution in [0.25, 0.3) is 17.1 Å². The number of benzene rings is 1. The zero-order valence-electron chi connectivity index (χ0n) is 13.3. The molecule has 3 heterocycles. The van der Waals surface area contributed by atoms with Crippen LogP contribution in [0.5, 0.6) is 0 Å². The van der Waals surface area contributed by atoms with Gasteiger partial charge in [-0.15, -0.1) is 0 Å². The zero-order chi connectivity index (χ0) is 16.7. The summed E-state index contributed by atoms with van der Waals surface area (Å²) in [6, 6.07) is 11.2. The molecule has 0 fully saturated rings. The lowest BCUT2D eigenvalue weighted by Gasteiger charge is -2.06. The summed E-state index contributed by atoms with van der Waals surface area (Å²) < 4.78 is 7.18. The minimum atomic E-state index is -0.437. The van der Waals surface area contributed by atoms with Crippen LogP contribution in [0.2, 0.25) is 0 Å². The quantitative estimate of drug-likeness (QED) is 0.623. The van der Waals surface area contributed by atoms with E-state index in [1.165, 1.54) is 0 Å². The van der Waals surface area contributed by atoms with E-state index in [2.05, 4.69) is 20.2 Å². The predicted molar refractivity (Wildman–Crippen MR) is 88.2 cm³/mol. The molecule has 0 saturated heterocycles. The van der Waals surface area contributed by atoms with Crippen molar-refractivity contribution in [2.24, 2.45) is 5.73 Å². The smallest absolute Gasteiger partial charge is 0.261 e. The van der Waals surface area contributed by atoms with E-state index in [9.17, 15) is 0 Å². The molecular weight excluding hydrogens is 304 g/mol. The predicted octanol–water partition coefficient (Wildman–Crippen LogP) is 2.44. The number of hydrogen-bond acceptors (Lipinski definition) is 6. The third-order valence-electron chi connectivity index (χ3n) is 3.96. The standard InChI is InChI=1S/C17H16N6O/c1-10-8-14-19-9-13(11(2)23(14)21-10)17-20-16(22-24-17)15(18)12-6-4-3-5-7-12/h3-9,15H,18H2,1-2H3. The molecule has 0 aliphatic rings. The summed E-state index contributed by atoms with van der Waals surface area (Å²) in [4.78, 5) is 8.84. The summed E-state index contributed by atoms with van der Waals surface area (Å²) in [6.07, 6.45) is 1.72. The van der Waals surface area contributed by atoms with Crippen molar-refractivity contribution in [2.75, 3.05) is 0 Å². The highest BCUT2D eigenvalue weighted by atomic mass is 16.5. The normalized spacial score (nSPS) is 12.6. The van der Waals surface area contributed by atoms with Crippen molar-refractivity contribution in [1.82, 2.24) is 24.7 Å². The first kappa shape index (κ1) is 14.5. The van der Waals surface area contributed by atoms with Gasteiger partial charge in [-0.2, -0.15) is 10.1 Å². The summed E-state index contributed by atoms with van der Waals surface area (Å²) >= 11 is 0. The van der Waals surface area contributed by atoms with Gasteiger partial charge in [0.05, 0.1) is 23.0 Å². The molecule has 4 aromatic rings. The Hall–Kier alpha value is -3.06. The molecule has 0 spiro atoms. The first-order valence-electron chi connectivity index (χ1n) is 7.60. The van der Waals surface area contributed by atoms with Crippen LogP contribution in [-0.2, 0) is 0 Å². The maximum absolute atomic E-state index is 6.22. The molecular formula is C17H16N6O. The third kappa shape index (κ3) is 2.35. The van der Waals surface area contributed by atoms with Crippen LogP contribution in [0.15, 0.2) is 47.1 Å². The van der Waals surface area contributed by atoms with E-state index in [4.69, 9.17) is 10.3 Å². The van der Waals surface area contributed by atoms with Crippen LogP contribution in [0.3, 0.4) is 0 Å². The van der Waals surface area contributed by atoms with Crippen LogP contribution in [-0.4, -0.2) is 24.7 Å². The molecule has 0 bridgehead atoms. The van der Waals surface area contributed by atoms with Gasteiger partial charge in [0, 0.05) is 12.3 Å². The second kappa shape index (κ2) is 5.54. The van der Waals surface area contributed by atoms with Gasteiger partial charge >= 0.3 is 0 Å². The number of nitrogens with two attached hydrogens (primary N) is 1. The molecule has 1 unspecified atom stereocenters. The number of hydrogen-bond donors (Lipinski definition) is 1. The Balaban J connectivity index is 1.74. The summed E-state index contributed by atoms with van der Waals surface area (Å²) in [5.41, 5.74) is 10.5. The second-order valence-electron chi connectivity index (χ2n) is 5.66. The van der Waals surface area contributed by atoms with Gasteiger partial charge in [0.1, 0.15) is 0 Å². The van der Waals surface area contributed by atoms with Gasteiger partial charge in [-0.05, 0) is 19.4 Å². The van der Waals surface area contributed by atoms with Crippen molar-refractivity contribution >= 4 is 5.65 Å². The van der Waals surface area contributed by atoms with Crippen molar-refractivity contribution < 1.29 is 4.52 Å². The molecule has 0 aliphatic carbocycles. The van der Waals surface area contributed by atoms with Gasteiger partial charge in [-0.1, -0.05) is 35.5 Å². The Morgan fingerprint density at radius 1 is 1.17 bits per heavy atom. The molecule has 7 nitrogen and oxygen atoms in total. The fourth-order valence-corrected chi connectivity index (χ4v) is 2.65. The Kier molecular flexibility index (Phi) is 3.35. The van der Waals surface area contributed by atoms with E-state index < -0.39 is 6.04 Å². The third-order valence-corrected chi connectivity index (χ3v) is 3.96. The lowest BCUT2D eigenvalue weighted by Crippen LogP contribution is -2.13. The van der Waals surface area contributed by atoms with Crippen molar-refractivity contribution in [3.63, 3.8) is 0 Å². The Labute approximate surface area is 138 Å². The molecule has 3 aromatic heterocycles. The number of nitrogens with zero attached hydrogens (tertiary/aromatic N) is 5. The van der Waals surface area contributed by atoms with Gasteiger partial charge in [0.15, 0.2) is 11.5 Å². The molecule has 7 heteroatoms. The second-order valence-corrected chi connectivity index (χ2v) is 5.66. The maximum Gasteiger partial charge on any atom is 0.261 e. The van der Waals surface area contributed by atoms with Gasteiger partial charge in [0.25, 0.3) is 5.89 Å². The topological polar surface area (TPSA) is 95.1 Å². The molecule has 0 radical (unpaired) electrons. The zero-order valence-corrected chi connectivity index (χ0v) is 13.3. The first-order chi connectivity index (χ1) is 11.6. The molecule has 0 saturated carbocycles. The van der Waals surface area contributed by atoms with Crippen molar-refractivity contribution in [2.45, 2.75) is 19.9 Å². The number of aryl methyl sites for hydroxylation is 2. The molecule has 0 aliphatic heterocycles. The van der Waals surface area contributed by atoms with Crippen molar-refractivity contribution in [3.05, 3.63) is 65.4 Å². The van der Waals surface area contributed by atoms with E-state index in [0.29, 0.717) is 11.7 Å². The minimum absolute atomic E-state index is 0.386. The van der Waals surface area contributed by atoms with E-state index >= 15 is 0 Å². The van der Waals surface area contributed by atoms with Crippen molar-refractivity contribution in [3.8, 4) is 11.5 Å². The lowest BCUT2D eigenvalue weighted by molar-refractivity contribution is 0.419. The van der Waals surface area contributed by atoms with E-state index in [-0.39, 0.29) is 0 Å². The van der Waals surface area contributed by atoms with Crippen LogP contribution < -0.4 is 5.73 Å². The number of aromatic nitrogens is 5. The maximum atomic E-state index is 6.22. The van der Waals surface area contributed by atoms with E-state index in [0.717, 1.165) is 28.2 Å². The SMILES string of the molecule is Cc1cc2ncc(-c3nc(C(N)c4ccccc4)no3)c(C)n2n1. The fourth-order valence-electron chi connectivity index (χ4n) is 2.65. The van der Waals surface area contributed by atoms with Crippen molar-refractivity contribution in [1.29, 1.82) is 0 Å². The van der Waals surface area contributed by atoms with Gasteiger partial charge in [0.2, 0.25) is 0 Å². The van der Waals surface area contributed by atoms with Crippen LogP contribution in [0.1, 0.15) is 28.8 Å². The largest absolute Gasteiger partial charge is 0.334 e. The Morgan fingerprint density at radius 2 is 1.96 bits per heavy atom. The first-order valence-corrected chi connectivity index (χ1v) is 7.60. The average molecular weight is 320 g/mol. The summed E-state index contributed by atoms with van der Waals surface area (Å²) in [7, 11) is 0. The lowest BCUT2D eigenvalue weighted by atomic mass is 10.1. The summed E-state index contributed by atoms with van der Waals surface area (Å²) in [6.45, 7) is 3.87. The molecule has 1 atom stereocenters. The van der Waals surface area contributed by atoms with Crippen LogP contribution >= 0.6 is 0 Å². The van der Waals surface area contributed by atoms with Gasteiger partial charge in [-0.3, -0.25) is 0 Å². The molecule has 2 N–H and O–H groups in total. The molecule has 24 heavy (non-hydrogen) atoms. The summed E-state index contributed by atoms with van der Waals surface area (Å²) in [5.74, 6) is 0.823. The minimum Gasteiger partial charge on any atom is -0.334 e. The van der Waals surface area contributed by atoms with E-state index in [1.54, 1.807) is 10.7 Å². The van der Waals surface area contributed by atoms with Gasteiger partial charge in [-0.25, -0.2) is 9.50 Å².